The minimum atomic E-state index is -1.71. The maximum atomic E-state index is 13.1. The van der Waals surface area contributed by atoms with E-state index in [4.69, 9.17) is 28.4 Å². The van der Waals surface area contributed by atoms with E-state index in [1.165, 1.54) is 135 Å². The number of hydrogen-bond donors (Lipinski definition) is 7. The molecule has 0 aromatic heterocycles. The van der Waals surface area contributed by atoms with E-state index in [-0.39, 0.29) is 25.6 Å². The van der Waals surface area contributed by atoms with Crippen molar-refractivity contribution in [1.29, 1.82) is 0 Å². The molecule has 0 spiro atoms. The molecule has 14 nitrogen and oxygen atoms in total. The van der Waals surface area contributed by atoms with Crippen LogP contribution in [0.4, 0.5) is 0 Å². The third-order valence-corrected chi connectivity index (χ3v) is 14.5. The first-order valence-corrected chi connectivity index (χ1v) is 30.9. The SMILES string of the molecule is CC/C=C\C/C=C\C/C=C\C/C=C\CCCCCCCCCCCCCCC(=O)OC(COCCCCCCCCCC/C=C\CCCCCCCC)COC1OC(COC2OC(CO)C(O)C(O)C2O)C(O)C(O)C1O. The molecule has 2 fully saturated rings. The van der Waals surface area contributed by atoms with E-state index in [0.717, 1.165) is 70.6 Å². The fourth-order valence-electron chi connectivity index (χ4n) is 9.57. The van der Waals surface area contributed by atoms with Gasteiger partial charge in [-0.15, -0.1) is 0 Å². The molecule has 7 N–H and O–H groups in total. The van der Waals surface area contributed by atoms with Crippen molar-refractivity contribution in [3.63, 3.8) is 0 Å². The van der Waals surface area contributed by atoms with E-state index in [1.807, 2.05) is 0 Å². The van der Waals surface area contributed by atoms with Crippen molar-refractivity contribution in [2.45, 2.75) is 300 Å². The van der Waals surface area contributed by atoms with Gasteiger partial charge in [-0.05, 0) is 77.0 Å². The third kappa shape index (κ3) is 35.9. The molecule has 11 atom stereocenters. The zero-order valence-corrected chi connectivity index (χ0v) is 48.2. The predicted octanol–water partition coefficient (Wildman–Crippen LogP) is 11.6. The molecule has 2 aliphatic heterocycles. The Morgan fingerprint density at radius 1 is 0.442 bits per heavy atom. The van der Waals surface area contributed by atoms with Gasteiger partial charge >= 0.3 is 5.97 Å². The molecule has 11 unspecified atom stereocenters. The molecule has 0 bridgehead atoms. The lowest BCUT2D eigenvalue weighted by Crippen LogP contribution is -2.61. The molecule has 0 radical (unpaired) electrons. The number of aliphatic hydroxyl groups excluding tert-OH is 7. The van der Waals surface area contributed by atoms with Gasteiger partial charge in [0.25, 0.3) is 0 Å². The Labute approximate surface area is 466 Å². The molecular weight excluding hydrogens is 981 g/mol. The first-order chi connectivity index (χ1) is 37.6. The second-order valence-corrected chi connectivity index (χ2v) is 21.5. The first-order valence-electron chi connectivity index (χ1n) is 30.9. The van der Waals surface area contributed by atoms with Gasteiger partial charge in [-0.3, -0.25) is 4.79 Å². The maximum absolute atomic E-state index is 13.1. The van der Waals surface area contributed by atoms with Gasteiger partial charge in [-0.1, -0.05) is 209 Å². The highest BCUT2D eigenvalue weighted by atomic mass is 16.7. The lowest BCUT2D eigenvalue weighted by Gasteiger charge is -2.42. The fourth-order valence-corrected chi connectivity index (χ4v) is 9.57. The summed E-state index contributed by atoms with van der Waals surface area (Å²) >= 11 is 0. The Kier molecular flexibility index (Phi) is 45.5. The number of hydrogen-bond acceptors (Lipinski definition) is 14. The smallest absolute Gasteiger partial charge is 0.306 e. The minimum absolute atomic E-state index is 0.0584. The lowest BCUT2D eigenvalue weighted by molar-refractivity contribution is -0.332. The van der Waals surface area contributed by atoms with Gasteiger partial charge in [0, 0.05) is 13.0 Å². The van der Waals surface area contributed by atoms with Crippen LogP contribution < -0.4 is 0 Å². The second kappa shape index (κ2) is 49.5. The number of esters is 1. The number of carbonyl (C=O) groups excluding carboxylic acids is 1. The summed E-state index contributed by atoms with van der Waals surface area (Å²) in [5.41, 5.74) is 0. The average Bonchev–Trinajstić information content (AvgIpc) is 3.43. The van der Waals surface area contributed by atoms with Crippen LogP contribution in [0.2, 0.25) is 0 Å². The Hall–Kier alpha value is -2.31. The van der Waals surface area contributed by atoms with E-state index in [9.17, 15) is 40.5 Å². The Morgan fingerprint density at radius 3 is 1.34 bits per heavy atom. The molecule has 14 heteroatoms. The van der Waals surface area contributed by atoms with Crippen LogP contribution in [0.15, 0.2) is 60.8 Å². The number of carbonyl (C=O) groups is 1. The zero-order valence-electron chi connectivity index (χ0n) is 48.2. The van der Waals surface area contributed by atoms with Gasteiger partial charge in [0.05, 0.1) is 26.4 Å². The van der Waals surface area contributed by atoms with Crippen LogP contribution in [-0.4, -0.2) is 142 Å². The van der Waals surface area contributed by atoms with Gasteiger partial charge in [-0.2, -0.15) is 0 Å². The molecule has 0 saturated carbocycles. The van der Waals surface area contributed by atoms with Gasteiger partial charge in [0.15, 0.2) is 12.6 Å². The minimum Gasteiger partial charge on any atom is -0.457 e. The molecule has 0 amide bonds. The zero-order chi connectivity index (χ0) is 55.8. The van der Waals surface area contributed by atoms with Gasteiger partial charge in [-0.25, -0.2) is 0 Å². The topological polar surface area (TPSA) is 214 Å². The van der Waals surface area contributed by atoms with E-state index in [0.29, 0.717) is 13.0 Å². The Bertz CT molecular complexity index is 1500. The van der Waals surface area contributed by atoms with Crippen LogP contribution in [0.5, 0.6) is 0 Å². The predicted molar refractivity (Wildman–Crippen MR) is 307 cm³/mol. The van der Waals surface area contributed by atoms with Crippen molar-refractivity contribution in [1.82, 2.24) is 0 Å². The van der Waals surface area contributed by atoms with Crippen molar-refractivity contribution in [2.75, 3.05) is 33.0 Å². The van der Waals surface area contributed by atoms with Crippen molar-refractivity contribution in [3.8, 4) is 0 Å². The normalized spacial score (nSPS) is 24.7. The van der Waals surface area contributed by atoms with E-state index in [1.54, 1.807) is 0 Å². The fraction of sp³-hybridized carbons (Fsp3) is 0.825. The highest BCUT2D eigenvalue weighted by molar-refractivity contribution is 5.69. The molecule has 2 aliphatic rings. The number of ether oxygens (including phenoxy) is 6. The van der Waals surface area contributed by atoms with E-state index < -0.39 is 80.7 Å². The first kappa shape index (κ1) is 70.8. The van der Waals surface area contributed by atoms with Crippen LogP contribution >= 0.6 is 0 Å². The highest BCUT2D eigenvalue weighted by Gasteiger charge is 2.47. The summed E-state index contributed by atoms with van der Waals surface area (Å²) in [6.07, 6.45) is 45.6. The summed E-state index contributed by atoms with van der Waals surface area (Å²) in [4.78, 5) is 13.1. The lowest BCUT2D eigenvalue weighted by atomic mass is 9.98. The number of rotatable bonds is 50. The summed E-state index contributed by atoms with van der Waals surface area (Å²) in [5.74, 6) is -0.378. The largest absolute Gasteiger partial charge is 0.457 e. The van der Waals surface area contributed by atoms with Crippen molar-refractivity contribution < 1.29 is 69.0 Å². The Balaban J connectivity index is 1.68. The summed E-state index contributed by atoms with van der Waals surface area (Å²) < 4.78 is 34.4. The molecule has 2 rings (SSSR count). The van der Waals surface area contributed by atoms with Crippen LogP contribution in [0.25, 0.3) is 0 Å². The third-order valence-electron chi connectivity index (χ3n) is 14.5. The summed E-state index contributed by atoms with van der Waals surface area (Å²) in [6, 6.07) is 0. The quantitative estimate of drug-likeness (QED) is 0.0172. The average molecular weight is 1090 g/mol. The van der Waals surface area contributed by atoms with Crippen LogP contribution in [0.3, 0.4) is 0 Å². The second-order valence-electron chi connectivity index (χ2n) is 21.5. The van der Waals surface area contributed by atoms with E-state index in [2.05, 4.69) is 74.6 Å². The number of unbranched alkanes of at least 4 members (excludes halogenated alkanes) is 26. The monoisotopic (exact) mass is 1090 g/mol. The standard InChI is InChI=1S/C63H112O14/c1-3-5-7-9-11-13-15-17-19-21-23-24-25-26-27-28-29-30-32-34-36-38-40-42-44-46-55(65)75-52(49-72-47-45-43-41-39-37-35-33-31-22-20-18-16-14-12-10-8-6-4-2)50-73-62-61(71)59(69)57(67)54(77-62)51-74-63-60(70)58(68)56(66)53(48-64)76-63/h5,7,11,13,17-20,23-24,52-54,56-64,66-71H,3-4,6,8-10,12,14-16,21-22,25-51H2,1-2H3/b7-5-,13-11-,19-17-,20-18-,24-23-. The molecule has 0 aromatic rings. The highest BCUT2D eigenvalue weighted by Crippen LogP contribution is 2.27. The van der Waals surface area contributed by atoms with Crippen LogP contribution in [-0.2, 0) is 33.2 Å². The molecular formula is C63H112O14. The van der Waals surface area contributed by atoms with Gasteiger partial charge in [0.2, 0.25) is 0 Å². The van der Waals surface area contributed by atoms with Crippen LogP contribution in [0, 0.1) is 0 Å². The number of allylic oxidation sites excluding steroid dienone is 10. The van der Waals surface area contributed by atoms with Gasteiger partial charge in [0.1, 0.15) is 54.9 Å². The number of aliphatic hydroxyl groups is 7. The molecule has 448 valence electrons. The van der Waals surface area contributed by atoms with E-state index >= 15 is 0 Å². The van der Waals surface area contributed by atoms with Crippen LogP contribution in [0.1, 0.15) is 232 Å². The van der Waals surface area contributed by atoms with Crippen molar-refractivity contribution >= 4 is 5.97 Å². The Morgan fingerprint density at radius 2 is 0.844 bits per heavy atom. The molecule has 77 heavy (non-hydrogen) atoms. The molecule has 2 heterocycles. The molecule has 0 aromatic carbocycles. The summed E-state index contributed by atoms with van der Waals surface area (Å²) in [7, 11) is 0. The van der Waals surface area contributed by atoms with Gasteiger partial charge < -0.3 is 64.2 Å². The van der Waals surface area contributed by atoms with Crippen molar-refractivity contribution in [3.05, 3.63) is 60.8 Å². The molecule has 0 aliphatic carbocycles. The summed E-state index contributed by atoms with van der Waals surface area (Å²) in [5, 5.41) is 72.4. The molecule has 2 saturated heterocycles. The van der Waals surface area contributed by atoms with Crippen molar-refractivity contribution in [2.24, 2.45) is 0 Å². The summed E-state index contributed by atoms with van der Waals surface area (Å²) in [6.45, 7) is 3.59. The maximum Gasteiger partial charge on any atom is 0.306 e.